The third kappa shape index (κ3) is 4.81. The number of amides is 1. The molecule has 1 amide bonds. The molecule has 5 rings (SSSR count). The highest BCUT2D eigenvalue weighted by Crippen LogP contribution is 2.42. The minimum atomic E-state index is -0.110. The Morgan fingerprint density at radius 2 is 2.14 bits per heavy atom. The van der Waals surface area contributed by atoms with Gasteiger partial charge in [-0.1, -0.05) is 13.0 Å². The van der Waals surface area contributed by atoms with Crippen molar-refractivity contribution in [1.29, 1.82) is 0 Å². The Labute approximate surface area is 211 Å². The third-order valence-corrected chi connectivity index (χ3v) is 7.09. The molecular formula is C27H31N5O2S. The highest BCUT2D eigenvalue weighted by atomic mass is 32.1. The van der Waals surface area contributed by atoms with Crippen molar-refractivity contribution < 1.29 is 9.53 Å². The molecule has 35 heavy (non-hydrogen) atoms. The molecule has 2 aliphatic rings. The summed E-state index contributed by atoms with van der Waals surface area (Å²) in [5.41, 5.74) is 4.88. The van der Waals surface area contributed by atoms with Crippen LogP contribution in [0.4, 0.5) is 11.4 Å². The number of anilines is 2. The number of benzene rings is 1. The Hall–Kier alpha value is -3.23. The zero-order chi connectivity index (χ0) is 24.4. The van der Waals surface area contributed by atoms with Crippen molar-refractivity contribution in [3.05, 3.63) is 77.9 Å². The van der Waals surface area contributed by atoms with E-state index in [0.29, 0.717) is 11.5 Å². The molecule has 2 aliphatic heterocycles. The number of nitrogens with one attached hydrogen (secondary N) is 2. The Morgan fingerprint density at radius 3 is 2.86 bits per heavy atom. The van der Waals surface area contributed by atoms with Crippen molar-refractivity contribution in [2.45, 2.75) is 57.8 Å². The van der Waals surface area contributed by atoms with Gasteiger partial charge in [0.2, 0.25) is 5.91 Å². The number of aromatic nitrogens is 2. The number of pyridine rings is 1. The van der Waals surface area contributed by atoms with Crippen LogP contribution in [-0.4, -0.2) is 33.3 Å². The van der Waals surface area contributed by atoms with Gasteiger partial charge >= 0.3 is 0 Å². The molecule has 182 valence electrons. The van der Waals surface area contributed by atoms with Crippen molar-refractivity contribution in [2.24, 2.45) is 0 Å². The highest BCUT2D eigenvalue weighted by molar-refractivity contribution is 7.80. The molecule has 2 N–H and O–H groups in total. The van der Waals surface area contributed by atoms with E-state index in [0.717, 1.165) is 54.3 Å². The van der Waals surface area contributed by atoms with Crippen LogP contribution < -0.4 is 15.5 Å². The first-order valence-corrected chi connectivity index (χ1v) is 12.6. The number of hydrogen-bond donors (Lipinski definition) is 2. The zero-order valence-corrected chi connectivity index (χ0v) is 20.9. The Bertz CT molecular complexity index is 1210. The summed E-state index contributed by atoms with van der Waals surface area (Å²) in [5.74, 6) is -0.000684. The van der Waals surface area contributed by atoms with E-state index >= 15 is 0 Å². The van der Waals surface area contributed by atoms with Gasteiger partial charge in [0.1, 0.15) is 6.04 Å². The largest absolute Gasteiger partial charge is 0.376 e. The molecule has 3 aromatic rings. The van der Waals surface area contributed by atoms with E-state index < -0.39 is 0 Å². The van der Waals surface area contributed by atoms with E-state index in [1.54, 1.807) is 0 Å². The van der Waals surface area contributed by atoms with Crippen molar-refractivity contribution in [2.75, 3.05) is 16.8 Å². The second-order valence-electron chi connectivity index (χ2n) is 9.12. The van der Waals surface area contributed by atoms with Crippen LogP contribution in [0.1, 0.15) is 55.2 Å². The predicted octanol–water partition coefficient (Wildman–Crippen LogP) is 4.90. The Morgan fingerprint density at radius 1 is 1.26 bits per heavy atom. The summed E-state index contributed by atoms with van der Waals surface area (Å²) in [6.45, 7) is 5.50. The molecule has 0 radical (unpaired) electrons. The van der Waals surface area contributed by atoms with E-state index in [9.17, 15) is 4.79 Å². The summed E-state index contributed by atoms with van der Waals surface area (Å²) in [4.78, 5) is 18.8. The lowest BCUT2D eigenvalue weighted by atomic mass is 10.0. The number of ether oxygens (including phenoxy) is 1. The smallest absolute Gasteiger partial charge is 0.224 e. The number of aryl methyl sites for hydroxylation is 1. The molecule has 8 heteroatoms. The first-order chi connectivity index (χ1) is 17.0. The Balaban J connectivity index is 1.54. The van der Waals surface area contributed by atoms with Gasteiger partial charge in [0, 0.05) is 49.0 Å². The third-order valence-electron chi connectivity index (χ3n) is 6.77. The highest BCUT2D eigenvalue weighted by Gasteiger charge is 2.42. The molecule has 3 atom stereocenters. The molecule has 0 spiro atoms. The van der Waals surface area contributed by atoms with E-state index in [1.807, 2.05) is 50.4 Å². The maximum Gasteiger partial charge on any atom is 0.224 e. The number of nitrogens with zero attached hydrogens (tertiary/aromatic N) is 3. The maximum atomic E-state index is 11.9. The molecule has 4 heterocycles. The van der Waals surface area contributed by atoms with Gasteiger partial charge in [-0.3, -0.25) is 9.78 Å². The average Bonchev–Trinajstić information content (AvgIpc) is 3.61. The first-order valence-electron chi connectivity index (χ1n) is 12.2. The molecule has 0 bridgehead atoms. The van der Waals surface area contributed by atoms with Gasteiger partial charge < -0.3 is 24.8 Å². The average molecular weight is 490 g/mol. The van der Waals surface area contributed by atoms with Crippen molar-refractivity contribution in [3.63, 3.8) is 0 Å². The fourth-order valence-electron chi connectivity index (χ4n) is 4.98. The van der Waals surface area contributed by atoms with Crippen LogP contribution in [0.3, 0.4) is 0 Å². The molecule has 2 saturated heterocycles. The van der Waals surface area contributed by atoms with Gasteiger partial charge in [-0.25, -0.2) is 0 Å². The van der Waals surface area contributed by atoms with E-state index in [4.69, 9.17) is 17.0 Å². The fourth-order valence-corrected chi connectivity index (χ4v) is 5.33. The van der Waals surface area contributed by atoms with Gasteiger partial charge in [0.05, 0.1) is 17.8 Å². The molecule has 2 fully saturated rings. The molecule has 0 unspecified atom stereocenters. The molecular weight excluding hydrogens is 458 g/mol. The molecule has 7 nitrogen and oxygen atoms in total. The van der Waals surface area contributed by atoms with Gasteiger partial charge in [0.15, 0.2) is 5.11 Å². The Kier molecular flexibility index (Phi) is 6.83. The quantitative estimate of drug-likeness (QED) is 0.460. The number of carbonyl (C=O) groups is 1. The van der Waals surface area contributed by atoms with Gasteiger partial charge in [-0.2, -0.15) is 0 Å². The number of thiocarbonyl (C=S) groups is 1. The standard InChI is InChI=1S/C27H31N5O2S/c1-3-24(33)29-21-12-11-19(16-18(21)2)32-26(25(30-27(32)35)22-9-4-5-13-28-22)23-10-6-14-31(23)17-20-8-7-15-34-20/h4-6,9-14,16,20,25-26H,3,7-8,15,17H2,1-2H3,(H,29,33)(H,30,35)/t20-,25+,26+/m0/s1. The molecule has 0 saturated carbocycles. The lowest BCUT2D eigenvalue weighted by molar-refractivity contribution is -0.115. The molecule has 0 aliphatic carbocycles. The zero-order valence-electron chi connectivity index (χ0n) is 20.1. The van der Waals surface area contributed by atoms with E-state index in [2.05, 4.69) is 49.5 Å². The van der Waals surface area contributed by atoms with Crippen molar-refractivity contribution >= 4 is 34.6 Å². The van der Waals surface area contributed by atoms with Crippen molar-refractivity contribution in [1.82, 2.24) is 14.9 Å². The van der Waals surface area contributed by atoms with Crippen LogP contribution in [0.15, 0.2) is 60.9 Å². The van der Waals surface area contributed by atoms with Crippen molar-refractivity contribution in [3.8, 4) is 0 Å². The van der Waals surface area contributed by atoms with Gasteiger partial charge in [-0.05, 0) is 80.0 Å². The molecule has 1 aromatic carbocycles. The molecule has 2 aromatic heterocycles. The second kappa shape index (κ2) is 10.2. The lowest BCUT2D eigenvalue weighted by Crippen LogP contribution is -2.31. The summed E-state index contributed by atoms with van der Waals surface area (Å²) >= 11 is 5.89. The summed E-state index contributed by atoms with van der Waals surface area (Å²) in [6.07, 6.45) is 6.81. The summed E-state index contributed by atoms with van der Waals surface area (Å²) < 4.78 is 8.23. The summed E-state index contributed by atoms with van der Waals surface area (Å²) in [6, 6.07) is 16.1. The van der Waals surface area contributed by atoms with E-state index in [1.165, 1.54) is 0 Å². The monoisotopic (exact) mass is 489 g/mol. The number of carbonyl (C=O) groups excluding carboxylic acids is 1. The lowest BCUT2D eigenvalue weighted by Gasteiger charge is -2.30. The minimum absolute atomic E-state index is 0.000684. The fraction of sp³-hybridized carbons (Fsp3) is 0.370. The summed E-state index contributed by atoms with van der Waals surface area (Å²) in [5, 5.41) is 7.16. The van der Waals surface area contributed by atoms with Gasteiger partial charge in [0.25, 0.3) is 0 Å². The first kappa shape index (κ1) is 23.5. The van der Waals surface area contributed by atoms with Crippen LogP contribution in [-0.2, 0) is 16.1 Å². The summed E-state index contributed by atoms with van der Waals surface area (Å²) in [7, 11) is 0. The normalized spacial score (nSPS) is 21.8. The maximum absolute atomic E-state index is 11.9. The number of hydrogen-bond acceptors (Lipinski definition) is 4. The predicted molar refractivity (Wildman–Crippen MR) is 141 cm³/mol. The van der Waals surface area contributed by atoms with Crippen LogP contribution in [0, 0.1) is 6.92 Å². The van der Waals surface area contributed by atoms with Crippen LogP contribution >= 0.6 is 12.2 Å². The van der Waals surface area contributed by atoms with Crippen LogP contribution in [0.2, 0.25) is 0 Å². The topological polar surface area (TPSA) is 71.4 Å². The van der Waals surface area contributed by atoms with Crippen LogP contribution in [0.25, 0.3) is 0 Å². The van der Waals surface area contributed by atoms with E-state index in [-0.39, 0.29) is 24.1 Å². The number of rotatable bonds is 7. The van der Waals surface area contributed by atoms with Gasteiger partial charge in [-0.15, -0.1) is 0 Å². The SMILES string of the molecule is CCC(=O)Nc1ccc(N2C(=S)N[C@H](c3ccccn3)[C@H]2c2cccn2C[C@@H]2CCCO2)cc1C. The minimum Gasteiger partial charge on any atom is -0.376 e. The van der Waals surface area contributed by atoms with Crippen LogP contribution in [0.5, 0.6) is 0 Å². The second-order valence-corrected chi connectivity index (χ2v) is 9.50.